The predicted octanol–water partition coefficient (Wildman–Crippen LogP) is 13.7. The highest BCUT2D eigenvalue weighted by Crippen LogP contribution is 2.47. The van der Waals surface area contributed by atoms with Gasteiger partial charge in [-0.15, -0.1) is 0 Å². The van der Waals surface area contributed by atoms with Crippen molar-refractivity contribution in [2.24, 2.45) is 17.6 Å². The molecule has 0 aliphatic carbocycles. The van der Waals surface area contributed by atoms with Gasteiger partial charge in [0.2, 0.25) is 0 Å². The Bertz CT molecular complexity index is 3470. The van der Waals surface area contributed by atoms with E-state index in [1.165, 1.54) is 0 Å². The summed E-state index contributed by atoms with van der Waals surface area (Å²) in [6.07, 6.45) is -0.942. The van der Waals surface area contributed by atoms with Crippen LogP contribution >= 0.6 is 55.1 Å². The summed E-state index contributed by atoms with van der Waals surface area (Å²) in [4.78, 5) is 61.5. The van der Waals surface area contributed by atoms with Crippen molar-refractivity contribution in [3.8, 4) is 33.8 Å². The van der Waals surface area contributed by atoms with Crippen molar-refractivity contribution in [3.63, 3.8) is 0 Å². The minimum absolute atomic E-state index is 0.0682. The third kappa shape index (κ3) is 16.6. The quantitative estimate of drug-likeness (QED) is 0.0765. The van der Waals surface area contributed by atoms with Gasteiger partial charge >= 0.3 is 12.2 Å². The Hall–Kier alpha value is -5.70. The minimum Gasteiger partial charge on any atom is -0.478 e. The molecule has 0 spiro atoms. The SMILES string of the molecule is BrCCOCCBr.Cc1cc(-c2cc3c(cc2Cl)N(CC2CN(C(=O)OC(C)(C)C)C2)C(=O)[C@H](CCN)O3)c2ccccc2c1.Cc1cc(-c2cc3c(cc2Cl)N(CC2CN(C(=O)OC(C)(C)C)C2)C(=O)[C@H](CCN2CCOCC2)O3)c2ccccc2c1. The van der Waals surface area contributed by atoms with Crippen LogP contribution in [-0.2, 0) is 28.5 Å². The predicted molar refractivity (Wildman–Crippen MR) is 358 cm³/mol. The lowest BCUT2D eigenvalue weighted by molar-refractivity contribution is -0.127. The van der Waals surface area contributed by atoms with Gasteiger partial charge in [0, 0.05) is 105 Å². The Morgan fingerprint density at radius 3 is 1.43 bits per heavy atom. The molecule has 0 unspecified atom stereocenters. The number of morpholine rings is 1. The molecule has 11 rings (SSSR count). The van der Waals surface area contributed by atoms with Crippen LogP contribution in [0.5, 0.6) is 11.5 Å². The number of hydrogen-bond donors (Lipinski definition) is 1. The van der Waals surface area contributed by atoms with Gasteiger partial charge in [0.1, 0.15) is 22.7 Å². The van der Waals surface area contributed by atoms with Gasteiger partial charge in [0.25, 0.3) is 11.8 Å². The van der Waals surface area contributed by atoms with Crippen LogP contribution in [0.25, 0.3) is 43.8 Å². The van der Waals surface area contributed by atoms with Gasteiger partial charge < -0.3 is 53.8 Å². The molecule has 5 heterocycles. The molecule has 6 aromatic rings. The highest BCUT2D eigenvalue weighted by molar-refractivity contribution is 9.09. The molecule has 16 nitrogen and oxygen atoms in total. The summed E-state index contributed by atoms with van der Waals surface area (Å²) in [6.45, 7) is 24.2. The third-order valence-electron chi connectivity index (χ3n) is 15.7. The van der Waals surface area contributed by atoms with Crippen molar-refractivity contribution in [1.82, 2.24) is 14.7 Å². The molecule has 4 amide bonds. The van der Waals surface area contributed by atoms with E-state index < -0.39 is 23.4 Å². The van der Waals surface area contributed by atoms with Crippen LogP contribution in [0, 0.1) is 25.7 Å². The molecule has 0 saturated carbocycles. The first-order valence-corrected chi connectivity index (χ1v) is 33.3. The fourth-order valence-electron chi connectivity index (χ4n) is 11.5. The summed E-state index contributed by atoms with van der Waals surface area (Å²) in [6, 6.07) is 32.7. The molecule has 88 heavy (non-hydrogen) atoms. The number of alkyl halides is 2. The molecule has 2 atom stereocenters. The Morgan fingerprint density at radius 2 is 1.02 bits per heavy atom. The van der Waals surface area contributed by atoms with Crippen molar-refractivity contribution >= 4 is 112 Å². The number of nitrogens with two attached hydrogens (primary N) is 1. The third-order valence-corrected chi connectivity index (χ3v) is 16.9. The summed E-state index contributed by atoms with van der Waals surface area (Å²) < 4.78 is 34.2. The number of likely N-dealkylation sites (tertiary alicyclic amines) is 2. The van der Waals surface area contributed by atoms with Crippen molar-refractivity contribution in [2.45, 2.75) is 91.6 Å². The van der Waals surface area contributed by atoms with Gasteiger partial charge in [-0.1, -0.05) is 128 Å². The van der Waals surface area contributed by atoms with E-state index in [0.29, 0.717) is 105 Å². The van der Waals surface area contributed by atoms with Crippen LogP contribution in [0.2, 0.25) is 10.0 Å². The van der Waals surface area contributed by atoms with E-state index >= 15 is 0 Å². The zero-order valence-electron chi connectivity index (χ0n) is 51.7. The Morgan fingerprint density at radius 1 is 0.602 bits per heavy atom. The second kappa shape index (κ2) is 29.5. The number of rotatable bonds is 15. The molecular weight excluding hydrogens is 1290 g/mol. The molecule has 20 heteroatoms. The zero-order valence-corrected chi connectivity index (χ0v) is 56.4. The summed E-state index contributed by atoms with van der Waals surface area (Å²) >= 11 is 20.4. The van der Waals surface area contributed by atoms with E-state index in [-0.39, 0.29) is 35.8 Å². The van der Waals surface area contributed by atoms with Gasteiger partial charge in [-0.3, -0.25) is 14.5 Å². The molecule has 5 aliphatic heterocycles. The fourth-order valence-corrected chi connectivity index (χ4v) is 12.5. The number of carbonyl (C=O) groups excluding carboxylic acids is 4. The number of ether oxygens (including phenoxy) is 6. The first-order chi connectivity index (χ1) is 42.0. The van der Waals surface area contributed by atoms with Crippen LogP contribution in [0.15, 0.2) is 97.1 Å². The highest BCUT2D eigenvalue weighted by Gasteiger charge is 2.43. The van der Waals surface area contributed by atoms with Gasteiger partial charge in [0.05, 0.1) is 47.8 Å². The maximum atomic E-state index is 13.9. The Labute approximate surface area is 544 Å². The molecule has 3 saturated heterocycles. The van der Waals surface area contributed by atoms with E-state index in [4.69, 9.17) is 57.4 Å². The molecule has 0 bridgehead atoms. The lowest BCUT2D eigenvalue weighted by Gasteiger charge is -2.43. The van der Waals surface area contributed by atoms with E-state index in [1.807, 2.05) is 95.0 Å². The number of hydrogen-bond acceptors (Lipinski definition) is 12. The number of fused-ring (bicyclic) bond motifs is 4. The van der Waals surface area contributed by atoms with E-state index in [2.05, 4.69) is 99.1 Å². The summed E-state index contributed by atoms with van der Waals surface area (Å²) in [5.74, 6) is 1.30. The second-order valence-electron chi connectivity index (χ2n) is 25.1. The van der Waals surface area contributed by atoms with Gasteiger partial charge in [0.15, 0.2) is 12.2 Å². The standard InChI is InChI=1S/C34H40ClN3O5.C30H34ClN3O4.C4H8Br2O/c1-22-15-24-7-5-6-8-25(24)26(16-22)27-17-31-29(18-28(27)35)38(21-23-19-37(20-23)33(40)43-34(2,3)4)32(39)30(42-31)9-10-36-11-13-41-14-12-36;1-18-11-20-7-5-6-8-21(20)22(12-18)23-13-27-25(14-24(23)31)34(28(35)26(37-27)9-10-32)17-19-15-33(16-19)29(36)38-30(2,3)4;5-1-3-7-4-2-6/h5-8,15-18,23,30H,9-14,19-21H2,1-4H3;5-8,11-14,19,26H,9-10,15-17,32H2,1-4H3;1-4H2/t30-;26-;/m00./s1. The summed E-state index contributed by atoms with van der Waals surface area (Å²) in [7, 11) is 0. The number of amides is 4. The lowest BCUT2D eigenvalue weighted by atomic mass is 9.94. The smallest absolute Gasteiger partial charge is 0.410 e. The van der Waals surface area contributed by atoms with Crippen molar-refractivity contribution in [2.75, 3.05) is 112 Å². The lowest BCUT2D eigenvalue weighted by Crippen LogP contribution is -2.57. The maximum Gasteiger partial charge on any atom is 0.410 e. The Balaban J connectivity index is 0.000000190. The molecule has 0 radical (unpaired) electrons. The first kappa shape index (κ1) is 66.7. The largest absolute Gasteiger partial charge is 0.478 e. The average Bonchev–Trinajstić information content (AvgIpc) is 1.07. The molecule has 3 fully saturated rings. The zero-order chi connectivity index (χ0) is 63.0. The molecular formula is C68H82Br2Cl2N6O10. The highest BCUT2D eigenvalue weighted by atomic mass is 79.9. The molecule has 0 aromatic heterocycles. The Kier molecular flexibility index (Phi) is 22.4. The van der Waals surface area contributed by atoms with E-state index in [1.54, 1.807) is 14.7 Å². The van der Waals surface area contributed by atoms with Crippen LogP contribution in [0.3, 0.4) is 0 Å². The number of aryl methyl sites for hydroxylation is 2. The summed E-state index contributed by atoms with van der Waals surface area (Å²) in [5, 5.41) is 7.45. The van der Waals surface area contributed by atoms with Crippen molar-refractivity contribution < 1.29 is 47.6 Å². The molecule has 6 aromatic carbocycles. The number of carbonyl (C=O) groups is 4. The van der Waals surface area contributed by atoms with Crippen LogP contribution in [0.4, 0.5) is 21.0 Å². The van der Waals surface area contributed by atoms with Crippen molar-refractivity contribution in [3.05, 3.63) is 118 Å². The summed E-state index contributed by atoms with van der Waals surface area (Å²) in [5.41, 5.74) is 12.1. The first-order valence-electron chi connectivity index (χ1n) is 30.3. The number of nitrogens with zero attached hydrogens (tertiary/aromatic N) is 5. The second-order valence-corrected chi connectivity index (χ2v) is 27.5. The van der Waals surface area contributed by atoms with Gasteiger partial charge in [-0.25, -0.2) is 9.59 Å². The molecule has 5 aliphatic rings. The van der Waals surface area contributed by atoms with Crippen LogP contribution in [0.1, 0.15) is 65.5 Å². The number of anilines is 2. The van der Waals surface area contributed by atoms with Crippen LogP contribution < -0.4 is 25.0 Å². The molecule has 472 valence electrons. The van der Waals surface area contributed by atoms with Gasteiger partial charge in [-0.2, -0.15) is 0 Å². The fraction of sp³-hybridized carbons (Fsp3) is 0.471. The topological polar surface area (TPSA) is 166 Å². The van der Waals surface area contributed by atoms with Crippen LogP contribution in [-0.4, -0.2) is 165 Å². The monoisotopic (exact) mass is 1370 g/mol. The van der Waals surface area contributed by atoms with Gasteiger partial charge in [-0.05, 0) is 130 Å². The van der Waals surface area contributed by atoms with E-state index in [0.717, 1.165) is 98.4 Å². The maximum absolute atomic E-state index is 13.9. The number of halogens is 4. The molecule has 2 N–H and O–H groups in total. The average molecular weight is 1370 g/mol. The normalized spacial score (nSPS) is 18.0. The minimum atomic E-state index is -0.669. The van der Waals surface area contributed by atoms with E-state index in [9.17, 15) is 19.2 Å². The number of benzene rings is 6. The van der Waals surface area contributed by atoms with Crippen molar-refractivity contribution in [1.29, 1.82) is 0 Å².